The third-order valence-electron chi connectivity index (χ3n) is 3.02. The van der Waals surface area contributed by atoms with Gasteiger partial charge in [0.2, 0.25) is 11.7 Å². The smallest absolute Gasteiger partial charge is 0.227 e. The first-order valence-corrected chi connectivity index (χ1v) is 7.29. The number of pyridine rings is 1. The number of aromatic nitrogens is 3. The normalized spacial score (nSPS) is 10.7. The van der Waals surface area contributed by atoms with Gasteiger partial charge in [0.1, 0.15) is 5.69 Å². The van der Waals surface area contributed by atoms with Crippen molar-refractivity contribution in [2.24, 2.45) is 0 Å². The molecule has 0 atom stereocenters. The summed E-state index contributed by atoms with van der Waals surface area (Å²) in [6.45, 7) is 0. The van der Waals surface area contributed by atoms with E-state index in [0.29, 0.717) is 23.8 Å². The van der Waals surface area contributed by atoms with E-state index in [1.54, 1.807) is 6.20 Å². The number of hydrogen-bond acceptors (Lipinski definition) is 5. The van der Waals surface area contributed by atoms with Gasteiger partial charge >= 0.3 is 0 Å². The molecule has 3 aromatic rings. The second kappa shape index (κ2) is 6.05. The summed E-state index contributed by atoms with van der Waals surface area (Å²) >= 11 is 3.43. The second-order valence-electron chi connectivity index (χ2n) is 4.59. The predicted molar refractivity (Wildman–Crippen MR) is 83.5 cm³/mol. The Kier molecular flexibility index (Phi) is 3.96. The SMILES string of the molecule is Nc1cccc(CCc2nc(-c3ncccc3Br)no2)c1. The molecule has 2 heterocycles. The maximum atomic E-state index is 5.76. The summed E-state index contributed by atoms with van der Waals surface area (Å²) in [5.41, 5.74) is 8.34. The molecule has 0 unspecified atom stereocenters. The van der Waals surface area contributed by atoms with Gasteiger partial charge < -0.3 is 10.3 Å². The Morgan fingerprint density at radius 2 is 2.05 bits per heavy atom. The Bertz CT molecular complexity index is 757. The molecule has 0 aliphatic rings. The molecule has 2 N–H and O–H groups in total. The predicted octanol–water partition coefficient (Wildman–Crippen LogP) is 3.26. The van der Waals surface area contributed by atoms with Crippen molar-refractivity contribution in [2.45, 2.75) is 12.8 Å². The largest absolute Gasteiger partial charge is 0.399 e. The molecule has 3 rings (SSSR count). The number of hydrogen-bond donors (Lipinski definition) is 1. The van der Waals surface area contributed by atoms with Crippen molar-refractivity contribution in [1.82, 2.24) is 15.1 Å². The van der Waals surface area contributed by atoms with Crippen LogP contribution in [0.4, 0.5) is 5.69 Å². The van der Waals surface area contributed by atoms with Crippen molar-refractivity contribution in [1.29, 1.82) is 0 Å². The average Bonchev–Trinajstić information content (AvgIpc) is 2.94. The summed E-state index contributed by atoms with van der Waals surface area (Å²) in [4.78, 5) is 8.62. The van der Waals surface area contributed by atoms with Crippen molar-refractivity contribution >= 4 is 21.6 Å². The molecule has 106 valence electrons. The van der Waals surface area contributed by atoms with Gasteiger partial charge in [-0.05, 0) is 52.2 Å². The van der Waals surface area contributed by atoms with Gasteiger partial charge in [-0.15, -0.1) is 0 Å². The third kappa shape index (κ3) is 3.28. The fourth-order valence-corrected chi connectivity index (χ4v) is 2.44. The minimum atomic E-state index is 0.491. The van der Waals surface area contributed by atoms with E-state index < -0.39 is 0 Å². The summed E-state index contributed by atoms with van der Waals surface area (Å²) in [6.07, 6.45) is 3.17. The minimum absolute atomic E-state index is 0.491. The number of nitrogens with zero attached hydrogens (tertiary/aromatic N) is 3. The number of benzene rings is 1. The number of aryl methyl sites for hydroxylation is 2. The zero-order chi connectivity index (χ0) is 14.7. The lowest BCUT2D eigenvalue weighted by atomic mass is 10.1. The number of nitrogen functional groups attached to an aromatic ring is 1. The standard InChI is InChI=1S/C15H13BrN4O/c16-12-5-2-8-18-14(12)15-19-13(21-20-15)7-6-10-3-1-4-11(17)9-10/h1-5,8-9H,6-7,17H2. The highest BCUT2D eigenvalue weighted by molar-refractivity contribution is 9.10. The first-order valence-electron chi connectivity index (χ1n) is 6.50. The Morgan fingerprint density at radius 3 is 2.86 bits per heavy atom. The second-order valence-corrected chi connectivity index (χ2v) is 5.44. The van der Waals surface area contributed by atoms with Crippen LogP contribution in [-0.4, -0.2) is 15.1 Å². The van der Waals surface area contributed by atoms with Crippen LogP contribution in [0.1, 0.15) is 11.5 Å². The van der Waals surface area contributed by atoms with Crippen LogP contribution >= 0.6 is 15.9 Å². The maximum absolute atomic E-state index is 5.76. The molecule has 5 nitrogen and oxygen atoms in total. The van der Waals surface area contributed by atoms with Crippen LogP contribution in [0, 0.1) is 0 Å². The molecular weight excluding hydrogens is 332 g/mol. The molecule has 0 aliphatic carbocycles. The fraction of sp³-hybridized carbons (Fsp3) is 0.133. The molecule has 2 aromatic heterocycles. The monoisotopic (exact) mass is 344 g/mol. The molecule has 0 aliphatic heterocycles. The maximum Gasteiger partial charge on any atom is 0.227 e. The van der Waals surface area contributed by atoms with E-state index >= 15 is 0 Å². The number of halogens is 1. The molecular formula is C15H13BrN4O. The molecule has 21 heavy (non-hydrogen) atoms. The van der Waals surface area contributed by atoms with Crippen molar-refractivity contribution in [3.63, 3.8) is 0 Å². The van der Waals surface area contributed by atoms with Crippen LogP contribution in [-0.2, 0) is 12.8 Å². The lowest BCUT2D eigenvalue weighted by molar-refractivity contribution is 0.378. The first-order chi connectivity index (χ1) is 10.2. The van der Waals surface area contributed by atoms with Crippen LogP contribution in [0.3, 0.4) is 0 Å². The molecule has 0 spiro atoms. The lowest BCUT2D eigenvalue weighted by Crippen LogP contribution is -1.94. The highest BCUT2D eigenvalue weighted by atomic mass is 79.9. The van der Waals surface area contributed by atoms with E-state index in [0.717, 1.165) is 22.1 Å². The molecule has 0 fully saturated rings. The minimum Gasteiger partial charge on any atom is -0.399 e. The Balaban J connectivity index is 1.72. The summed E-state index contributed by atoms with van der Waals surface area (Å²) in [6, 6.07) is 11.5. The van der Waals surface area contributed by atoms with Crippen molar-refractivity contribution < 1.29 is 4.52 Å². The van der Waals surface area contributed by atoms with Crippen molar-refractivity contribution in [3.8, 4) is 11.5 Å². The van der Waals surface area contributed by atoms with E-state index in [1.807, 2.05) is 36.4 Å². The summed E-state index contributed by atoms with van der Waals surface area (Å²) in [7, 11) is 0. The highest BCUT2D eigenvalue weighted by Crippen LogP contribution is 2.23. The van der Waals surface area contributed by atoms with Crippen LogP contribution in [0.2, 0.25) is 0 Å². The van der Waals surface area contributed by atoms with Gasteiger partial charge in [-0.2, -0.15) is 4.98 Å². The summed E-state index contributed by atoms with van der Waals surface area (Å²) in [5, 5.41) is 3.97. The van der Waals surface area contributed by atoms with Crippen LogP contribution < -0.4 is 5.73 Å². The molecule has 0 saturated carbocycles. The van der Waals surface area contributed by atoms with Crippen molar-refractivity contribution in [3.05, 3.63) is 58.5 Å². The summed E-state index contributed by atoms with van der Waals surface area (Å²) in [5.74, 6) is 1.08. The van der Waals surface area contributed by atoms with E-state index in [9.17, 15) is 0 Å². The zero-order valence-electron chi connectivity index (χ0n) is 11.2. The van der Waals surface area contributed by atoms with E-state index in [1.165, 1.54) is 0 Å². The fourth-order valence-electron chi connectivity index (χ4n) is 2.00. The Labute approximate surface area is 130 Å². The van der Waals surface area contributed by atoms with Gasteiger partial charge in [0, 0.05) is 22.8 Å². The van der Waals surface area contributed by atoms with E-state index in [4.69, 9.17) is 10.3 Å². The number of nitrogens with two attached hydrogens (primary N) is 1. The van der Waals surface area contributed by atoms with Crippen molar-refractivity contribution in [2.75, 3.05) is 5.73 Å². The molecule has 0 bridgehead atoms. The molecule has 0 radical (unpaired) electrons. The Morgan fingerprint density at radius 1 is 1.14 bits per heavy atom. The number of anilines is 1. The number of rotatable bonds is 4. The van der Waals surface area contributed by atoms with Gasteiger partial charge in [0.15, 0.2) is 0 Å². The van der Waals surface area contributed by atoms with Crippen LogP contribution in [0.25, 0.3) is 11.5 Å². The van der Waals surface area contributed by atoms with Crippen LogP contribution in [0.15, 0.2) is 51.6 Å². The summed E-state index contributed by atoms with van der Waals surface area (Å²) < 4.78 is 6.11. The third-order valence-corrected chi connectivity index (χ3v) is 3.66. The van der Waals surface area contributed by atoms with Gasteiger partial charge in [-0.3, -0.25) is 4.98 Å². The first kappa shape index (κ1) is 13.8. The molecule has 6 heteroatoms. The molecule has 0 saturated heterocycles. The van der Waals surface area contributed by atoms with E-state index in [2.05, 4.69) is 31.1 Å². The van der Waals surface area contributed by atoms with Gasteiger partial charge in [0.05, 0.1) is 0 Å². The Hall–Kier alpha value is -2.21. The molecule has 0 amide bonds. The average molecular weight is 345 g/mol. The molecule has 1 aromatic carbocycles. The van der Waals surface area contributed by atoms with Crippen LogP contribution in [0.5, 0.6) is 0 Å². The van der Waals surface area contributed by atoms with Gasteiger partial charge in [-0.25, -0.2) is 0 Å². The highest BCUT2D eigenvalue weighted by Gasteiger charge is 2.12. The lowest BCUT2D eigenvalue weighted by Gasteiger charge is -1.99. The quantitative estimate of drug-likeness (QED) is 0.735. The van der Waals surface area contributed by atoms with E-state index in [-0.39, 0.29) is 0 Å². The van der Waals surface area contributed by atoms with Gasteiger partial charge in [-0.1, -0.05) is 17.3 Å². The zero-order valence-corrected chi connectivity index (χ0v) is 12.7. The van der Waals surface area contributed by atoms with Gasteiger partial charge in [0.25, 0.3) is 0 Å². The topological polar surface area (TPSA) is 77.8 Å².